The van der Waals surface area contributed by atoms with Crippen molar-refractivity contribution in [2.24, 2.45) is 5.73 Å². The van der Waals surface area contributed by atoms with Crippen LogP contribution in [0.3, 0.4) is 0 Å². The van der Waals surface area contributed by atoms with Gasteiger partial charge in [0, 0.05) is 24.5 Å². The molecular formula is C34H37N5O5. The number of benzene rings is 2. The molecule has 2 heterocycles. The highest BCUT2D eigenvalue weighted by Crippen LogP contribution is 2.12. The maximum atomic E-state index is 12.4. The SMILES string of the molecule is CCOC(=O)C(=O)N(Cc1ccccc1)Cc1cccc(C)n1.Cc1cccc(CN(Cc2ccccc2)C(=O)C(N)=O)n1. The van der Waals surface area contributed by atoms with Crippen LogP contribution in [0.5, 0.6) is 0 Å². The van der Waals surface area contributed by atoms with Gasteiger partial charge in [-0.15, -0.1) is 0 Å². The van der Waals surface area contributed by atoms with E-state index in [9.17, 15) is 19.2 Å². The second kappa shape index (κ2) is 16.9. The number of esters is 1. The number of nitrogens with two attached hydrogens (primary N) is 1. The molecule has 0 spiro atoms. The normalized spacial score (nSPS) is 10.2. The summed E-state index contributed by atoms with van der Waals surface area (Å²) in [6.45, 7) is 6.76. The smallest absolute Gasteiger partial charge is 0.397 e. The van der Waals surface area contributed by atoms with E-state index in [-0.39, 0.29) is 19.7 Å². The molecule has 0 radical (unpaired) electrons. The molecule has 10 nitrogen and oxygen atoms in total. The summed E-state index contributed by atoms with van der Waals surface area (Å²) in [5.74, 6) is -3.16. The van der Waals surface area contributed by atoms with Crippen LogP contribution in [-0.2, 0) is 50.1 Å². The second-order valence-corrected chi connectivity index (χ2v) is 9.92. The van der Waals surface area contributed by atoms with Gasteiger partial charge in [-0.1, -0.05) is 72.8 Å². The van der Waals surface area contributed by atoms with Crippen molar-refractivity contribution in [1.29, 1.82) is 0 Å². The predicted molar refractivity (Wildman–Crippen MR) is 165 cm³/mol. The molecule has 0 aliphatic rings. The fourth-order valence-corrected chi connectivity index (χ4v) is 4.25. The Balaban J connectivity index is 0.000000241. The number of carbonyl (C=O) groups is 4. The number of carbonyl (C=O) groups excluding carboxylic acids is 4. The predicted octanol–water partition coefficient (Wildman–Crippen LogP) is 3.89. The molecule has 0 atom stereocenters. The minimum atomic E-state index is -0.960. The van der Waals surface area contributed by atoms with Crippen molar-refractivity contribution in [3.05, 3.63) is 131 Å². The van der Waals surface area contributed by atoms with Crippen molar-refractivity contribution >= 4 is 23.7 Å². The zero-order chi connectivity index (χ0) is 31.9. The standard InChI is InChI=1S/C18H20N2O3.C16H17N3O2/c1-3-23-18(22)17(21)20(12-15-9-5-4-6-10-15)13-16-11-7-8-14(2)19-16;1-12-6-5-9-14(18-12)11-19(16(21)15(17)20)10-13-7-3-2-4-8-13/h4-11H,3,12-13H2,1-2H3;2-9H,10-11H2,1H3,(H2,17,20). The summed E-state index contributed by atoms with van der Waals surface area (Å²) >= 11 is 0. The van der Waals surface area contributed by atoms with Gasteiger partial charge in [-0.25, -0.2) is 4.79 Å². The van der Waals surface area contributed by atoms with Crippen LogP contribution < -0.4 is 5.73 Å². The first-order valence-corrected chi connectivity index (χ1v) is 14.1. The summed E-state index contributed by atoms with van der Waals surface area (Å²) < 4.78 is 4.83. The third kappa shape index (κ3) is 10.8. The summed E-state index contributed by atoms with van der Waals surface area (Å²) in [6, 6.07) is 30.1. The van der Waals surface area contributed by atoms with E-state index in [0.29, 0.717) is 13.1 Å². The Kier molecular flexibility index (Phi) is 12.7. The Morgan fingerprint density at radius 1 is 0.614 bits per heavy atom. The Morgan fingerprint density at radius 3 is 1.43 bits per heavy atom. The zero-order valence-corrected chi connectivity index (χ0v) is 25.2. The number of ether oxygens (including phenoxy) is 1. The summed E-state index contributed by atoms with van der Waals surface area (Å²) in [5, 5.41) is 0. The first kappa shape index (κ1) is 33.1. The molecule has 2 aromatic carbocycles. The molecule has 0 bridgehead atoms. The molecule has 4 rings (SSSR count). The van der Waals surface area contributed by atoms with E-state index in [2.05, 4.69) is 9.97 Å². The zero-order valence-electron chi connectivity index (χ0n) is 25.2. The fraction of sp³-hybridized carbons (Fsp3) is 0.235. The quantitative estimate of drug-likeness (QED) is 0.229. The first-order chi connectivity index (χ1) is 21.2. The Morgan fingerprint density at radius 2 is 1.05 bits per heavy atom. The lowest BCUT2D eigenvalue weighted by Crippen LogP contribution is -2.39. The van der Waals surface area contributed by atoms with E-state index in [1.54, 1.807) is 6.92 Å². The number of nitrogens with zero attached hydrogens (tertiary/aromatic N) is 4. The molecule has 10 heteroatoms. The van der Waals surface area contributed by atoms with Crippen molar-refractivity contribution < 1.29 is 23.9 Å². The van der Waals surface area contributed by atoms with E-state index in [1.807, 2.05) is 111 Å². The highest BCUT2D eigenvalue weighted by atomic mass is 16.5. The van der Waals surface area contributed by atoms with Crippen LogP contribution in [0.15, 0.2) is 97.1 Å². The minimum Gasteiger partial charge on any atom is -0.459 e. The number of hydrogen-bond donors (Lipinski definition) is 1. The van der Waals surface area contributed by atoms with Crippen LogP contribution >= 0.6 is 0 Å². The molecule has 228 valence electrons. The van der Waals surface area contributed by atoms with Gasteiger partial charge in [-0.3, -0.25) is 24.4 Å². The maximum Gasteiger partial charge on any atom is 0.397 e. The number of amides is 3. The van der Waals surface area contributed by atoms with Crippen LogP contribution in [0.4, 0.5) is 0 Å². The Bertz CT molecular complexity index is 1550. The average Bonchev–Trinajstić information content (AvgIpc) is 3.01. The molecule has 44 heavy (non-hydrogen) atoms. The molecule has 4 aromatic rings. The molecule has 0 aliphatic heterocycles. The molecular weight excluding hydrogens is 558 g/mol. The third-order valence-corrected chi connectivity index (χ3v) is 6.27. The van der Waals surface area contributed by atoms with Gasteiger partial charge >= 0.3 is 23.7 Å². The van der Waals surface area contributed by atoms with Crippen LogP contribution in [0, 0.1) is 13.8 Å². The molecule has 2 aromatic heterocycles. The van der Waals surface area contributed by atoms with Crippen LogP contribution in [0.25, 0.3) is 0 Å². The van der Waals surface area contributed by atoms with Crippen molar-refractivity contribution in [2.75, 3.05) is 6.61 Å². The van der Waals surface area contributed by atoms with Gasteiger partial charge in [0.15, 0.2) is 0 Å². The molecule has 2 N–H and O–H groups in total. The molecule has 0 aliphatic carbocycles. The largest absolute Gasteiger partial charge is 0.459 e. The minimum absolute atomic E-state index is 0.173. The number of primary amides is 1. The summed E-state index contributed by atoms with van der Waals surface area (Å²) in [7, 11) is 0. The van der Waals surface area contributed by atoms with Crippen molar-refractivity contribution in [2.45, 2.75) is 47.0 Å². The second-order valence-electron chi connectivity index (χ2n) is 9.92. The average molecular weight is 596 g/mol. The Hall–Kier alpha value is -5.38. The lowest BCUT2D eigenvalue weighted by molar-refractivity contribution is -0.160. The third-order valence-electron chi connectivity index (χ3n) is 6.27. The van der Waals surface area contributed by atoms with Gasteiger partial charge in [-0.05, 0) is 56.2 Å². The summed E-state index contributed by atoms with van der Waals surface area (Å²) in [6.07, 6.45) is 0. The van der Waals surface area contributed by atoms with Gasteiger partial charge in [0.1, 0.15) is 0 Å². The monoisotopic (exact) mass is 595 g/mol. The van der Waals surface area contributed by atoms with Crippen molar-refractivity contribution in [3.8, 4) is 0 Å². The van der Waals surface area contributed by atoms with Gasteiger partial charge in [0.25, 0.3) is 0 Å². The van der Waals surface area contributed by atoms with Crippen LogP contribution in [0.2, 0.25) is 0 Å². The highest BCUT2D eigenvalue weighted by molar-refractivity contribution is 6.34. The Labute approximate surface area is 257 Å². The van der Waals surface area contributed by atoms with Crippen molar-refractivity contribution in [1.82, 2.24) is 19.8 Å². The van der Waals surface area contributed by atoms with Crippen molar-refractivity contribution in [3.63, 3.8) is 0 Å². The lowest BCUT2D eigenvalue weighted by Gasteiger charge is -2.21. The topological polar surface area (TPSA) is 136 Å². The number of rotatable bonds is 9. The summed E-state index contributed by atoms with van der Waals surface area (Å²) in [5.41, 5.74) is 10.2. The number of aromatic nitrogens is 2. The summed E-state index contributed by atoms with van der Waals surface area (Å²) in [4.78, 5) is 58.9. The number of aryl methyl sites for hydroxylation is 2. The number of pyridine rings is 2. The van der Waals surface area contributed by atoms with Crippen LogP contribution in [0.1, 0.15) is 40.8 Å². The fourth-order valence-electron chi connectivity index (χ4n) is 4.25. The maximum absolute atomic E-state index is 12.4. The highest BCUT2D eigenvalue weighted by Gasteiger charge is 2.24. The van der Waals surface area contributed by atoms with E-state index >= 15 is 0 Å². The van der Waals surface area contributed by atoms with Gasteiger partial charge < -0.3 is 20.3 Å². The number of hydrogen-bond acceptors (Lipinski definition) is 7. The molecule has 0 fully saturated rings. The molecule has 0 saturated heterocycles. The van der Waals surface area contributed by atoms with E-state index in [1.165, 1.54) is 9.80 Å². The van der Waals surface area contributed by atoms with Gasteiger partial charge in [0.05, 0.1) is 31.1 Å². The van der Waals surface area contributed by atoms with Gasteiger partial charge in [0.2, 0.25) is 0 Å². The van der Waals surface area contributed by atoms with E-state index < -0.39 is 23.7 Å². The van der Waals surface area contributed by atoms with E-state index in [4.69, 9.17) is 10.5 Å². The van der Waals surface area contributed by atoms with Crippen LogP contribution in [-0.4, -0.2) is 50.1 Å². The lowest BCUT2D eigenvalue weighted by atomic mass is 10.2. The molecule has 3 amide bonds. The van der Waals surface area contributed by atoms with E-state index in [0.717, 1.165) is 33.9 Å². The van der Waals surface area contributed by atoms with Gasteiger partial charge in [-0.2, -0.15) is 0 Å². The molecule has 0 saturated carbocycles. The molecule has 0 unspecified atom stereocenters. The first-order valence-electron chi connectivity index (χ1n) is 14.1.